The van der Waals surface area contributed by atoms with Gasteiger partial charge < -0.3 is 30.1 Å². The van der Waals surface area contributed by atoms with E-state index in [2.05, 4.69) is 12.2 Å². The lowest BCUT2D eigenvalue weighted by Crippen LogP contribution is -2.62. The van der Waals surface area contributed by atoms with E-state index in [9.17, 15) is 39.3 Å². The SMILES string of the molecule is CCOC(=O)[C@H](NC(=O)CCC(=O)OCC(=O)[C@]1(O)CC[C@@H]2[C@@H]3CCC4=CC(=O)CC[C@]4(C)[C@@H]3[C@@H](O)C[C@@]21C)[C@H](O)c1ccccc1. The summed E-state index contributed by atoms with van der Waals surface area (Å²) >= 11 is 0. The highest BCUT2D eigenvalue weighted by molar-refractivity contribution is 5.92. The molecule has 1 aromatic carbocycles. The zero-order valence-corrected chi connectivity index (χ0v) is 27.4. The van der Waals surface area contributed by atoms with Crippen molar-refractivity contribution in [3.63, 3.8) is 0 Å². The normalized spacial score (nSPS) is 34.1. The molecule has 11 heteroatoms. The highest BCUT2D eigenvalue weighted by Crippen LogP contribution is 2.67. The lowest BCUT2D eigenvalue weighted by atomic mass is 9.45. The van der Waals surface area contributed by atoms with Crippen LogP contribution in [0.4, 0.5) is 0 Å². The van der Waals surface area contributed by atoms with Crippen LogP contribution in [0.1, 0.15) is 90.2 Å². The van der Waals surface area contributed by atoms with Gasteiger partial charge in [0.05, 0.1) is 19.1 Å². The van der Waals surface area contributed by atoms with Crippen LogP contribution < -0.4 is 5.32 Å². The molecule has 0 bridgehead atoms. The number of ether oxygens (including phenoxy) is 2. The van der Waals surface area contributed by atoms with Gasteiger partial charge in [-0.2, -0.15) is 0 Å². The number of allylic oxidation sites excluding steroid dienone is 1. The maximum Gasteiger partial charge on any atom is 0.331 e. The number of benzene rings is 1. The first kappa shape index (κ1) is 34.9. The van der Waals surface area contributed by atoms with Crippen molar-refractivity contribution in [2.24, 2.45) is 28.6 Å². The number of hydrogen-bond acceptors (Lipinski definition) is 10. The van der Waals surface area contributed by atoms with E-state index >= 15 is 0 Å². The summed E-state index contributed by atoms with van der Waals surface area (Å²) in [7, 11) is 0. The Balaban J connectivity index is 1.17. The highest BCUT2D eigenvalue weighted by Gasteiger charge is 2.68. The van der Waals surface area contributed by atoms with E-state index in [1.807, 2.05) is 6.92 Å². The smallest absolute Gasteiger partial charge is 0.331 e. The summed E-state index contributed by atoms with van der Waals surface area (Å²) in [5.41, 5.74) is -1.50. The van der Waals surface area contributed by atoms with E-state index in [4.69, 9.17) is 9.47 Å². The molecule has 5 rings (SSSR count). The molecule has 1 aromatic rings. The number of rotatable bonds is 11. The van der Waals surface area contributed by atoms with Gasteiger partial charge in [0.1, 0.15) is 11.7 Å². The van der Waals surface area contributed by atoms with Gasteiger partial charge in [-0.3, -0.25) is 19.2 Å². The van der Waals surface area contributed by atoms with Crippen LogP contribution in [-0.4, -0.2) is 75.7 Å². The Morgan fingerprint density at radius 3 is 2.45 bits per heavy atom. The van der Waals surface area contributed by atoms with Gasteiger partial charge in [-0.15, -0.1) is 0 Å². The second kappa shape index (κ2) is 13.6. The summed E-state index contributed by atoms with van der Waals surface area (Å²) in [5, 5.41) is 36.6. The third kappa shape index (κ3) is 6.41. The number of aliphatic hydroxyl groups excluding tert-OH is 2. The zero-order chi connectivity index (χ0) is 34.1. The molecule has 0 spiro atoms. The predicted molar refractivity (Wildman–Crippen MR) is 168 cm³/mol. The molecule has 0 heterocycles. The third-order valence-electron chi connectivity index (χ3n) is 11.7. The van der Waals surface area contributed by atoms with Crippen molar-refractivity contribution >= 4 is 29.4 Å². The summed E-state index contributed by atoms with van der Waals surface area (Å²) in [4.78, 5) is 63.5. The van der Waals surface area contributed by atoms with E-state index < -0.39 is 65.9 Å². The lowest BCUT2D eigenvalue weighted by Gasteiger charge is -2.60. The molecule has 0 aliphatic heterocycles. The lowest BCUT2D eigenvalue weighted by molar-refractivity contribution is -0.184. The van der Waals surface area contributed by atoms with E-state index in [-0.39, 0.29) is 54.8 Å². The number of aliphatic hydroxyl groups is 3. The number of Topliss-reactive ketones (excluding diaryl/α,β-unsaturated/α-hetero) is 1. The van der Waals surface area contributed by atoms with Crippen molar-refractivity contribution in [1.29, 1.82) is 0 Å². The number of carbonyl (C=O) groups excluding carboxylic acids is 5. The fourth-order valence-corrected chi connectivity index (χ4v) is 9.29. The van der Waals surface area contributed by atoms with Crippen molar-refractivity contribution < 1.29 is 48.8 Å². The van der Waals surface area contributed by atoms with E-state index in [0.29, 0.717) is 24.8 Å². The molecule has 1 amide bonds. The molecule has 0 unspecified atom stereocenters. The predicted octanol–water partition coefficient (Wildman–Crippen LogP) is 2.89. The topological polar surface area (TPSA) is 177 Å². The number of esters is 2. The van der Waals surface area contributed by atoms with Crippen molar-refractivity contribution in [2.75, 3.05) is 13.2 Å². The molecular formula is C36H47NO10. The number of carbonyl (C=O) groups is 5. The van der Waals surface area contributed by atoms with Gasteiger partial charge in [-0.05, 0) is 80.3 Å². The Labute approximate surface area is 275 Å². The Morgan fingerprint density at radius 1 is 1.02 bits per heavy atom. The van der Waals surface area contributed by atoms with Gasteiger partial charge in [-0.1, -0.05) is 49.8 Å². The molecule has 4 aliphatic carbocycles. The van der Waals surface area contributed by atoms with Gasteiger partial charge in [0, 0.05) is 18.3 Å². The molecule has 0 saturated heterocycles. The van der Waals surface area contributed by atoms with Crippen LogP contribution in [0.2, 0.25) is 0 Å². The maximum atomic E-state index is 13.5. The fraction of sp³-hybridized carbons (Fsp3) is 0.639. The van der Waals surface area contributed by atoms with Gasteiger partial charge >= 0.3 is 11.9 Å². The largest absolute Gasteiger partial charge is 0.464 e. The molecule has 4 aliphatic rings. The van der Waals surface area contributed by atoms with Crippen molar-refractivity contribution in [2.45, 2.75) is 102 Å². The summed E-state index contributed by atoms with van der Waals surface area (Å²) in [6.45, 7) is 4.97. The molecule has 256 valence electrons. The molecule has 0 aromatic heterocycles. The van der Waals surface area contributed by atoms with E-state index in [0.717, 1.165) is 18.4 Å². The van der Waals surface area contributed by atoms with Crippen molar-refractivity contribution in [1.82, 2.24) is 5.32 Å². The second-order valence-electron chi connectivity index (χ2n) is 14.2. The monoisotopic (exact) mass is 653 g/mol. The van der Waals surface area contributed by atoms with Crippen LogP contribution in [-0.2, 0) is 33.4 Å². The van der Waals surface area contributed by atoms with Crippen LogP contribution in [0, 0.1) is 28.6 Å². The first-order valence-corrected chi connectivity index (χ1v) is 16.8. The molecule has 11 nitrogen and oxygen atoms in total. The molecule has 3 saturated carbocycles. The number of ketones is 2. The Morgan fingerprint density at radius 2 is 1.74 bits per heavy atom. The standard InChI is InChI=1S/C36H47NO10/c1-4-46-33(44)31(32(43)21-8-6-5-7-9-21)37-28(41)12-13-29(42)47-20-27(40)36(45)17-15-25-24-11-10-22-18-23(38)14-16-34(22,2)30(24)26(39)19-35(25,36)3/h5-9,18,24-26,30-32,39,43,45H,4,10-17,19-20H2,1-3H3,(H,37,41)/t24-,25+,26-,30-,31+,32+,34-,35-,36+/m0/s1. The zero-order valence-electron chi connectivity index (χ0n) is 27.4. The number of nitrogens with one attached hydrogen (secondary N) is 1. The number of fused-ring (bicyclic) bond motifs is 5. The summed E-state index contributed by atoms with van der Waals surface area (Å²) in [6.07, 6.45) is 2.55. The molecule has 0 radical (unpaired) electrons. The first-order valence-electron chi connectivity index (χ1n) is 16.8. The highest BCUT2D eigenvalue weighted by atomic mass is 16.5. The van der Waals surface area contributed by atoms with Crippen LogP contribution in [0.25, 0.3) is 0 Å². The van der Waals surface area contributed by atoms with Crippen molar-refractivity contribution in [3.8, 4) is 0 Å². The number of amides is 1. The molecule has 9 atom stereocenters. The Hall–Kier alpha value is -3.41. The van der Waals surface area contributed by atoms with E-state index in [1.165, 1.54) is 0 Å². The minimum absolute atomic E-state index is 0.0150. The summed E-state index contributed by atoms with van der Waals surface area (Å²) < 4.78 is 10.2. The van der Waals surface area contributed by atoms with Crippen molar-refractivity contribution in [3.05, 3.63) is 47.5 Å². The van der Waals surface area contributed by atoms with Gasteiger partial charge in [0.25, 0.3) is 0 Å². The Bertz CT molecular complexity index is 1430. The first-order chi connectivity index (χ1) is 22.2. The molecule has 4 N–H and O–H groups in total. The van der Waals surface area contributed by atoms with E-state index in [1.54, 1.807) is 43.3 Å². The Kier molecular flexibility index (Phi) is 10.1. The average Bonchev–Trinajstić information content (AvgIpc) is 3.32. The molecular weight excluding hydrogens is 606 g/mol. The fourth-order valence-electron chi connectivity index (χ4n) is 9.29. The van der Waals surface area contributed by atoms with Gasteiger partial charge in [0.15, 0.2) is 18.4 Å². The average molecular weight is 654 g/mol. The van der Waals surface area contributed by atoms with Crippen LogP contribution in [0.15, 0.2) is 42.0 Å². The van der Waals surface area contributed by atoms with Gasteiger partial charge in [-0.25, -0.2) is 4.79 Å². The van der Waals surface area contributed by atoms with Crippen LogP contribution in [0.5, 0.6) is 0 Å². The minimum atomic E-state index is -1.79. The third-order valence-corrected chi connectivity index (χ3v) is 11.7. The maximum absolute atomic E-state index is 13.5. The van der Waals surface area contributed by atoms with Gasteiger partial charge in [0.2, 0.25) is 11.7 Å². The molecule has 47 heavy (non-hydrogen) atoms. The minimum Gasteiger partial charge on any atom is -0.464 e. The van der Waals surface area contributed by atoms with Crippen LogP contribution in [0.3, 0.4) is 0 Å². The number of hydrogen-bond donors (Lipinski definition) is 4. The van der Waals surface area contributed by atoms with Crippen LogP contribution >= 0.6 is 0 Å². The summed E-state index contributed by atoms with van der Waals surface area (Å²) in [5.74, 6) is -2.85. The molecule has 3 fully saturated rings. The second-order valence-corrected chi connectivity index (χ2v) is 14.2. The summed E-state index contributed by atoms with van der Waals surface area (Å²) in [6, 6.07) is 6.92. The quantitative estimate of drug-likeness (QED) is 0.260.